The van der Waals surface area contributed by atoms with Crippen LogP contribution in [0, 0.1) is 0 Å². The molecule has 0 unspecified atom stereocenters. The summed E-state index contributed by atoms with van der Waals surface area (Å²) in [4.78, 5) is 9.79. The van der Waals surface area contributed by atoms with E-state index in [1.807, 2.05) is 17.5 Å². The summed E-state index contributed by atoms with van der Waals surface area (Å²) < 4.78 is 7.75. The molecule has 3 aromatic heterocycles. The smallest absolute Gasteiger partial charge is 0.236 e. The van der Waals surface area contributed by atoms with Gasteiger partial charge in [0.1, 0.15) is 5.82 Å². The van der Waals surface area contributed by atoms with E-state index in [0.717, 1.165) is 41.1 Å². The lowest BCUT2D eigenvalue weighted by molar-refractivity contribution is 0.109. The van der Waals surface area contributed by atoms with E-state index in [0.29, 0.717) is 25.7 Å². The Kier molecular flexibility index (Phi) is 4.56. The lowest BCUT2D eigenvalue weighted by Gasteiger charge is -2.20. The second-order valence-corrected chi connectivity index (χ2v) is 7.60. The van der Waals surface area contributed by atoms with Gasteiger partial charge in [0.2, 0.25) is 5.95 Å². The van der Waals surface area contributed by atoms with Crippen LogP contribution in [0.2, 0.25) is 0 Å². The predicted molar refractivity (Wildman–Crippen MR) is 113 cm³/mol. The molecular formula is C21H21N5OS. The van der Waals surface area contributed by atoms with Crippen molar-refractivity contribution < 1.29 is 4.74 Å². The topological polar surface area (TPSA) is 78.0 Å². The molecule has 0 spiro atoms. The summed E-state index contributed by atoms with van der Waals surface area (Å²) >= 11 is 1.65. The molecule has 0 radical (unpaired) electrons. The highest BCUT2D eigenvalue weighted by atomic mass is 32.1. The Hall–Kier alpha value is -2.74. The third-order valence-corrected chi connectivity index (χ3v) is 5.70. The van der Waals surface area contributed by atoms with Crippen LogP contribution in [0.4, 0.5) is 11.5 Å². The molecule has 5 rings (SSSR count). The number of nitrogens with zero attached hydrogens (tertiary/aromatic N) is 3. The van der Waals surface area contributed by atoms with Crippen molar-refractivity contribution in [3.8, 4) is 5.95 Å². The highest BCUT2D eigenvalue weighted by Crippen LogP contribution is 2.29. The van der Waals surface area contributed by atoms with Gasteiger partial charge in [-0.25, -0.2) is 4.98 Å². The Labute approximate surface area is 167 Å². The van der Waals surface area contributed by atoms with Crippen LogP contribution in [0.15, 0.2) is 47.3 Å². The fourth-order valence-electron chi connectivity index (χ4n) is 3.67. The van der Waals surface area contributed by atoms with E-state index in [9.17, 15) is 0 Å². The molecule has 0 bridgehead atoms. The van der Waals surface area contributed by atoms with E-state index < -0.39 is 0 Å². The number of fused-ring (bicyclic) bond motifs is 2. The molecule has 3 N–H and O–H groups in total. The molecule has 28 heavy (non-hydrogen) atoms. The van der Waals surface area contributed by atoms with Crippen LogP contribution in [0.1, 0.15) is 16.8 Å². The van der Waals surface area contributed by atoms with E-state index in [-0.39, 0.29) is 0 Å². The summed E-state index contributed by atoms with van der Waals surface area (Å²) in [5, 5.41) is 8.77. The summed E-state index contributed by atoms with van der Waals surface area (Å²) in [5.41, 5.74) is 11.3. The number of ether oxygens (including phenoxy) is 1. The number of thiophene rings is 1. The Morgan fingerprint density at radius 1 is 1.21 bits per heavy atom. The average Bonchev–Trinajstić information content (AvgIpc) is 3.37. The SMILES string of the molecule is NCCc1cn(-c2nc3c(c(Nc4ccsc4)n2)COCC3)c2ccccc12. The largest absolute Gasteiger partial charge is 0.376 e. The van der Waals surface area contributed by atoms with Crippen molar-refractivity contribution in [1.82, 2.24) is 14.5 Å². The van der Waals surface area contributed by atoms with Crippen molar-refractivity contribution in [2.75, 3.05) is 18.5 Å². The standard InChI is InChI=1S/C21H21N5OS/c22-8-5-14-11-26(19-4-2-1-3-16(14)19)21-24-18-6-9-27-12-17(18)20(25-21)23-15-7-10-28-13-15/h1-4,7,10-11,13H,5-6,8-9,12,22H2,(H,23,24,25). The van der Waals surface area contributed by atoms with Crippen LogP contribution in [-0.4, -0.2) is 27.7 Å². The maximum atomic E-state index is 5.83. The van der Waals surface area contributed by atoms with Crippen molar-refractivity contribution >= 4 is 33.7 Å². The number of anilines is 2. The quantitative estimate of drug-likeness (QED) is 0.541. The van der Waals surface area contributed by atoms with Gasteiger partial charge in [0.25, 0.3) is 0 Å². The summed E-state index contributed by atoms with van der Waals surface area (Å²) in [5.74, 6) is 1.49. The van der Waals surface area contributed by atoms with Gasteiger partial charge in [-0.05, 0) is 36.0 Å². The van der Waals surface area contributed by atoms with Crippen LogP contribution in [0.5, 0.6) is 0 Å². The van der Waals surface area contributed by atoms with Crippen LogP contribution in [0.25, 0.3) is 16.9 Å². The lowest BCUT2D eigenvalue weighted by Crippen LogP contribution is -2.17. The summed E-state index contributed by atoms with van der Waals surface area (Å²) in [6, 6.07) is 10.4. The molecule has 1 aliphatic heterocycles. The Balaban J connectivity index is 1.67. The summed E-state index contributed by atoms with van der Waals surface area (Å²) in [6.07, 6.45) is 3.73. The Morgan fingerprint density at radius 2 is 2.14 bits per heavy atom. The van der Waals surface area contributed by atoms with Crippen molar-refractivity contribution in [3.05, 3.63) is 64.1 Å². The van der Waals surface area contributed by atoms with E-state index >= 15 is 0 Å². The average molecular weight is 392 g/mol. The number of benzene rings is 1. The van der Waals surface area contributed by atoms with Crippen LogP contribution < -0.4 is 11.1 Å². The third kappa shape index (κ3) is 3.07. The zero-order valence-electron chi connectivity index (χ0n) is 15.4. The molecule has 4 aromatic rings. The number of hydrogen-bond acceptors (Lipinski definition) is 6. The van der Waals surface area contributed by atoms with Gasteiger partial charge in [-0.2, -0.15) is 16.3 Å². The molecule has 0 amide bonds. The van der Waals surface area contributed by atoms with E-state index in [1.54, 1.807) is 11.3 Å². The first-order chi connectivity index (χ1) is 13.8. The third-order valence-electron chi connectivity index (χ3n) is 5.02. The molecule has 6 nitrogen and oxygen atoms in total. The normalized spacial score (nSPS) is 13.6. The molecule has 0 fully saturated rings. The fraction of sp³-hybridized carbons (Fsp3) is 0.238. The maximum absolute atomic E-state index is 5.83. The van der Waals surface area contributed by atoms with Gasteiger partial charge < -0.3 is 15.8 Å². The highest BCUT2D eigenvalue weighted by Gasteiger charge is 2.20. The van der Waals surface area contributed by atoms with Gasteiger partial charge >= 0.3 is 0 Å². The predicted octanol–water partition coefficient (Wildman–Crippen LogP) is 3.80. The number of para-hydroxylation sites is 1. The van der Waals surface area contributed by atoms with E-state index in [1.165, 1.54) is 10.9 Å². The molecule has 142 valence electrons. The zero-order chi connectivity index (χ0) is 18.9. The molecule has 7 heteroatoms. The second kappa shape index (κ2) is 7.35. The first-order valence-electron chi connectivity index (χ1n) is 9.39. The van der Waals surface area contributed by atoms with Crippen molar-refractivity contribution in [1.29, 1.82) is 0 Å². The molecule has 0 saturated carbocycles. The number of hydrogen-bond donors (Lipinski definition) is 2. The second-order valence-electron chi connectivity index (χ2n) is 6.82. The fourth-order valence-corrected chi connectivity index (χ4v) is 4.26. The van der Waals surface area contributed by atoms with E-state index in [2.05, 4.69) is 39.7 Å². The molecule has 1 aliphatic rings. The first kappa shape index (κ1) is 17.4. The van der Waals surface area contributed by atoms with Gasteiger partial charge in [-0.15, -0.1) is 0 Å². The number of aromatic nitrogens is 3. The van der Waals surface area contributed by atoms with Crippen LogP contribution in [0.3, 0.4) is 0 Å². The maximum Gasteiger partial charge on any atom is 0.236 e. The first-order valence-corrected chi connectivity index (χ1v) is 10.3. The summed E-state index contributed by atoms with van der Waals surface area (Å²) in [6.45, 7) is 1.83. The molecule has 1 aromatic carbocycles. The van der Waals surface area contributed by atoms with Crippen molar-refractivity contribution in [2.45, 2.75) is 19.4 Å². The van der Waals surface area contributed by atoms with Gasteiger partial charge in [-0.1, -0.05) is 18.2 Å². The molecule has 0 atom stereocenters. The highest BCUT2D eigenvalue weighted by molar-refractivity contribution is 7.08. The monoisotopic (exact) mass is 391 g/mol. The molecule has 0 saturated heterocycles. The summed E-state index contributed by atoms with van der Waals surface area (Å²) in [7, 11) is 0. The minimum absolute atomic E-state index is 0.535. The Bertz CT molecular complexity index is 1120. The molecule has 0 aliphatic carbocycles. The van der Waals surface area contributed by atoms with Crippen molar-refractivity contribution in [3.63, 3.8) is 0 Å². The van der Waals surface area contributed by atoms with Crippen molar-refractivity contribution in [2.24, 2.45) is 5.73 Å². The van der Waals surface area contributed by atoms with Crippen LogP contribution in [-0.2, 0) is 24.2 Å². The zero-order valence-corrected chi connectivity index (χ0v) is 16.2. The molecular weight excluding hydrogens is 370 g/mol. The van der Waals surface area contributed by atoms with Gasteiger partial charge in [0.15, 0.2) is 0 Å². The van der Waals surface area contributed by atoms with Crippen LogP contribution >= 0.6 is 11.3 Å². The minimum Gasteiger partial charge on any atom is -0.376 e. The van der Waals surface area contributed by atoms with Gasteiger partial charge in [0, 0.05) is 28.9 Å². The minimum atomic E-state index is 0.535. The Morgan fingerprint density at radius 3 is 3.00 bits per heavy atom. The number of nitrogens with one attached hydrogen (secondary N) is 1. The molecule has 4 heterocycles. The van der Waals surface area contributed by atoms with E-state index in [4.69, 9.17) is 20.4 Å². The number of rotatable bonds is 5. The van der Waals surface area contributed by atoms with Gasteiger partial charge in [0.05, 0.1) is 30.1 Å². The lowest BCUT2D eigenvalue weighted by atomic mass is 10.1. The number of nitrogens with two attached hydrogens (primary N) is 1. The van der Waals surface area contributed by atoms with Gasteiger partial charge in [-0.3, -0.25) is 4.57 Å².